The van der Waals surface area contributed by atoms with Gasteiger partial charge in [-0.1, -0.05) is 25.5 Å². The molecular weight excluding hydrogens is 437 g/mol. The molecule has 0 bridgehead atoms. The van der Waals surface area contributed by atoms with Crippen LogP contribution in [0.25, 0.3) is 11.1 Å². The van der Waals surface area contributed by atoms with Crippen LogP contribution in [0.4, 0.5) is 4.39 Å². The van der Waals surface area contributed by atoms with Crippen molar-refractivity contribution in [3.8, 4) is 17.0 Å². The quantitative estimate of drug-likeness (QED) is 0.702. The third-order valence-electron chi connectivity index (χ3n) is 6.98. The molecule has 1 aromatic heterocycles. The van der Waals surface area contributed by atoms with Crippen molar-refractivity contribution in [2.45, 2.75) is 45.3 Å². The second-order valence-electron chi connectivity index (χ2n) is 9.55. The van der Waals surface area contributed by atoms with Gasteiger partial charge in [-0.05, 0) is 43.5 Å². The molecule has 34 heavy (non-hydrogen) atoms. The van der Waals surface area contributed by atoms with Gasteiger partial charge in [-0.25, -0.2) is 9.37 Å². The van der Waals surface area contributed by atoms with E-state index in [1.54, 1.807) is 48.2 Å². The molecule has 2 heterocycles. The van der Waals surface area contributed by atoms with Crippen molar-refractivity contribution in [3.05, 3.63) is 47.9 Å². The molecule has 1 aromatic carbocycles. The molecule has 1 fully saturated rings. The number of rotatable bonds is 6. The number of nitrogens with zero attached hydrogens (tertiary/aromatic N) is 3. The molecule has 0 radical (unpaired) electrons. The zero-order valence-corrected chi connectivity index (χ0v) is 19.9. The van der Waals surface area contributed by atoms with Crippen LogP contribution in [0.3, 0.4) is 0 Å². The van der Waals surface area contributed by atoms with E-state index < -0.39 is 6.04 Å². The van der Waals surface area contributed by atoms with Crippen molar-refractivity contribution in [1.29, 1.82) is 0 Å². The van der Waals surface area contributed by atoms with Crippen LogP contribution in [0.5, 0.6) is 5.88 Å². The van der Waals surface area contributed by atoms with Crippen LogP contribution in [0.1, 0.15) is 43.5 Å². The average Bonchev–Trinajstić information content (AvgIpc) is 2.79. The van der Waals surface area contributed by atoms with Crippen LogP contribution in [-0.2, 0) is 4.79 Å². The number of hydrogen-bond donors (Lipinski definition) is 1. The molecule has 3 atom stereocenters. The molecule has 8 heteroatoms. The van der Waals surface area contributed by atoms with Crippen LogP contribution in [0, 0.1) is 17.7 Å². The van der Waals surface area contributed by atoms with E-state index in [9.17, 15) is 19.1 Å². The highest BCUT2D eigenvalue weighted by Crippen LogP contribution is 2.31. The minimum atomic E-state index is -0.398. The summed E-state index contributed by atoms with van der Waals surface area (Å²) >= 11 is 0. The highest BCUT2D eigenvalue weighted by atomic mass is 19.1. The lowest BCUT2D eigenvalue weighted by Crippen LogP contribution is -2.51. The second kappa shape index (κ2) is 10.1. The molecule has 1 aliphatic carbocycles. The normalized spacial score (nSPS) is 21.6. The predicted molar refractivity (Wildman–Crippen MR) is 126 cm³/mol. The van der Waals surface area contributed by atoms with Crippen LogP contribution in [0.15, 0.2) is 36.5 Å². The maximum absolute atomic E-state index is 13.5. The molecule has 2 amide bonds. The molecule has 7 nitrogen and oxygen atoms in total. The minimum Gasteiger partial charge on any atom is -0.472 e. The largest absolute Gasteiger partial charge is 0.472 e. The monoisotopic (exact) mass is 469 g/mol. The van der Waals surface area contributed by atoms with Gasteiger partial charge in [0.1, 0.15) is 17.5 Å². The summed E-state index contributed by atoms with van der Waals surface area (Å²) in [5.74, 6) is -0.307. The Morgan fingerprint density at radius 1 is 1.29 bits per heavy atom. The number of pyridine rings is 1. The molecule has 2 aromatic rings. The Hall–Kier alpha value is -3.00. The zero-order chi connectivity index (χ0) is 24.4. The van der Waals surface area contributed by atoms with Crippen LogP contribution < -0.4 is 4.74 Å². The zero-order valence-electron chi connectivity index (χ0n) is 19.9. The van der Waals surface area contributed by atoms with Gasteiger partial charge < -0.3 is 19.6 Å². The molecule has 1 saturated carbocycles. The molecule has 182 valence electrons. The number of carbonyl (C=O) groups excluding carboxylic acids is 2. The second-order valence-corrected chi connectivity index (χ2v) is 9.55. The van der Waals surface area contributed by atoms with Crippen molar-refractivity contribution >= 4 is 11.8 Å². The Bertz CT molecular complexity index is 1040. The highest BCUT2D eigenvalue weighted by molar-refractivity contribution is 5.98. The first-order valence-electron chi connectivity index (χ1n) is 11.9. The van der Waals surface area contributed by atoms with Gasteiger partial charge in [0.15, 0.2) is 0 Å². The van der Waals surface area contributed by atoms with Crippen molar-refractivity contribution in [1.82, 2.24) is 14.8 Å². The van der Waals surface area contributed by atoms with Gasteiger partial charge in [-0.15, -0.1) is 0 Å². The van der Waals surface area contributed by atoms with Crippen LogP contribution in [0.2, 0.25) is 0 Å². The SMILES string of the molecule is C[C@H]1CN([C@@H](C)CO)C(=O)c2cc(-c3ccc(F)cc3)cnc2O[C@H]1CN(C)C(=O)C1CCC1. The smallest absolute Gasteiger partial charge is 0.259 e. The first kappa shape index (κ1) is 24.1. The number of aliphatic hydroxyl groups excluding tert-OH is 1. The predicted octanol–water partition coefficient (Wildman–Crippen LogP) is 3.37. The number of hydrogen-bond acceptors (Lipinski definition) is 5. The Kier molecular flexibility index (Phi) is 7.16. The van der Waals surface area contributed by atoms with E-state index >= 15 is 0 Å². The number of aromatic nitrogens is 1. The number of ether oxygens (including phenoxy) is 1. The summed E-state index contributed by atoms with van der Waals surface area (Å²) in [6, 6.07) is 7.28. The third kappa shape index (κ3) is 4.92. The number of halogens is 1. The van der Waals surface area contributed by atoms with Crippen LogP contribution in [-0.4, -0.2) is 70.6 Å². The topological polar surface area (TPSA) is 83.0 Å². The van der Waals surface area contributed by atoms with E-state index in [1.165, 1.54) is 12.1 Å². The molecule has 0 spiro atoms. The Morgan fingerprint density at radius 2 is 2.00 bits per heavy atom. The first-order valence-corrected chi connectivity index (χ1v) is 11.9. The summed E-state index contributed by atoms with van der Waals surface area (Å²) in [6.45, 7) is 4.36. The van der Waals surface area contributed by atoms with Gasteiger partial charge >= 0.3 is 0 Å². The summed E-state index contributed by atoms with van der Waals surface area (Å²) in [6.07, 6.45) is 4.17. The van der Waals surface area contributed by atoms with E-state index in [0.717, 1.165) is 24.8 Å². The van der Waals surface area contributed by atoms with Gasteiger partial charge in [0.05, 0.1) is 19.2 Å². The van der Waals surface area contributed by atoms with E-state index in [4.69, 9.17) is 4.74 Å². The summed E-state index contributed by atoms with van der Waals surface area (Å²) in [7, 11) is 1.79. The number of carbonyl (C=O) groups is 2. The lowest BCUT2D eigenvalue weighted by molar-refractivity contribution is -0.138. The summed E-state index contributed by atoms with van der Waals surface area (Å²) in [4.78, 5) is 34.1. The summed E-state index contributed by atoms with van der Waals surface area (Å²) in [5.41, 5.74) is 1.67. The van der Waals surface area contributed by atoms with Gasteiger partial charge in [0.25, 0.3) is 5.91 Å². The molecule has 4 rings (SSSR count). The maximum Gasteiger partial charge on any atom is 0.259 e. The van der Waals surface area contributed by atoms with E-state index in [-0.39, 0.29) is 53.6 Å². The summed E-state index contributed by atoms with van der Waals surface area (Å²) < 4.78 is 19.7. The molecule has 2 aliphatic rings. The van der Waals surface area contributed by atoms with E-state index in [1.807, 2.05) is 6.92 Å². The fourth-order valence-corrected chi connectivity index (χ4v) is 4.45. The molecular formula is C26H32FN3O4. The van der Waals surface area contributed by atoms with Gasteiger partial charge in [-0.2, -0.15) is 0 Å². The minimum absolute atomic E-state index is 0.0880. The Balaban J connectivity index is 1.67. The number of likely N-dealkylation sites (N-methyl/N-ethyl adjacent to an activating group) is 1. The number of aliphatic hydroxyl groups is 1. The lowest BCUT2D eigenvalue weighted by atomic mass is 9.84. The van der Waals surface area contributed by atoms with Crippen LogP contribution >= 0.6 is 0 Å². The highest BCUT2D eigenvalue weighted by Gasteiger charge is 2.36. The fourth-order valence-electron chi connectivity index (χ4n) is 4.45. The third-order valence-corrected chi connectivity index (χ3v) is 6.98. The van der Waals surface area contributed by atoms with Gasteiger partial charge in [0, 0.05) is 37.2 Å². The standard InChI is InChI=1S/C26H32FN3O4/c1-16-13-30(17(2)15-31)26(33)22-11-20(18-7-9-21(27)10-8-18)12-28-24(22)34-23(16)14-29(3)25(32)19-5-4-6-19/h7-12,16-17,19,23,31H,4-6,13-15H2,1-3H3/t16-,17-,23-/m0/s1. The molecule has 1 N–H and O–H groups in total. The van der Waals surface area contributed by atoms with Crippen molar-refractivity contribution in [2.24, 2.45) is 11.8 Å². The van der Waals surface area contributed by atoms with E-state index in [2.05, 4.69) is 4.98 Å². The Morgan fingerprint density at radius 3 is 2.62 bits per heavy atom. The van der Waals surface area contributed by atoms with Gasteiger partial charge in [0.2, 0.25) is 11.8 Å². The fraction of sp³-hybridized carbons (Fsp3) is 0.500. The first-order chi connectivity index (χ1) is 16.3. The molecule has 0 saturated heterocycles. The lowest BCUT2D eigenvalue weighted by Gasteiger charge is -2.38. The van der Waals surface area contributed by atoms with E-state index in [0.29, 0.717) is 18.7 Å². The van der Waals surface area contributed by atoms with Crippen molar-refractivity contribution in [2.75, 3.05) is 26.7 Å². The Labute approximate surface area is 199 Å². The molecule has 1 aliphatic heterocycles. The summed E-state index contributed by atoms with van der Waals surface area (Å²) in [5, 5.41) is 9.81. The van der Waals surface area contributed by atoms with Crippen molar-refractivity contribution < 1.29 is 23.8 Å². The number of fused-ring (bicyclic) bond motifs is 1. The average molecular weight is 470 g/mol. The molecule has 0 unspecified atom stereocenters. The maximum atomic E-state index is 13.5. The van der Waals surface area contributed by atoms with Gasteiger partial charge in [-0.3, -0.25) is 9.59 Å². The van der Waals surface area contributed by atoms with Crippen molar-refractivity contribution in [3.63, 3.8) is 0 Å². The number of amides is 2. The number of benzene rings is 1.